The van der Waals surface area contributed by atoms with Crippen molar-refractivity contribution in [2.45, 2.75) is 76.6 Å². The molecule has 4 heteroatoms. The summed E-state index contributed by atoms with van der Waals surface area (Å²) in [7, 11) is 0. The van der Waals surface area contributed by atoms with Crippen molar-refractivity contribution in [3.8, 4) is 0 Å². The van der Waals surface area contributed by atoms with Crippen molar-refractivity contribution in [2.75, 3.05) is 0 Å². The Morgan fingerprint density at radius 2 is 1.67 bits per heavy atom. The molecule has 0 aromatic rings. The van der Waals surface area contributed by atoms with Gasteiger partial charge in [-0.05, 0) is 44.9 Å². The molecular formula is C14H24F3N. The summed E-state index contributed by atoms with van der Waals surface area (Å²) in [4.78, 5) is 0. The monoisotopic (exact) mass is 263 g/mol. The lowest BCUT2D eigenvalue weighted by atomic mass is 9.84. The summed E-state index contributed by atoms with van der Waals surface area (Å²) in [6.45, 7) is 2.15. The largest absolute Gasteiger partial charge is 0.391 e. The van der Waals surface area contributed by atoms with Gasteiger partial charge in [-0.15, -0.1) is 0 Å². The van der Waals surface area contributed by atoms with Gasteiger partial charge in [0.1, 0.15) is 0 Å². The summed E-state index contributed by atoms with van der Waals surface area (Å²) in [5, 5.41) is 3.46. The van der Waals surface area contributed by atoms with Gasteiger partial charge < -0.3 is 5.32 Å². The van der Waals surface area contributed by atoms with E-state index in [0.29, 0.717) is 24.8 Å². The van der Waals surface area contributed by atoms with Crippen LogP contribution in [0, 0.1) is 11.8 Å². The molecule has 0 radical (unpaired) electrons. The number of hydrogen-bond donors (Lipinski definition) is 1. The van der Waals surface area contributed by atoms with Gasteiger partial charge in [-0.2, -0.15) is 13.2 Å². The first-order valence-electron chi connectivity index (χ1n) is 7.29. The van der Waals surface area contributed by atoms with E-state index in [1.54, 1.807) is 0 Å². The highest BCUT2D eigenvalue weighted by molar-refractivity contribution is 4.86. The van der Waals surface area contributed by atoms with Crippen LogP contribution < -0.4 is 5.32 Å². The molecule has 18 heavy (non-hydrogen) atoms. The molecule has 0 aromatic heterocycles. The van der Waals surface area contributed by atoms with Gasteiger partial charge in [0, 0.05) is 12.1 Å². The average Bonchev–Trinajstić information content (AvgIpc) is 2.81. The second kappa shape index (κ2) is 5.81. The van der Waals surface area contributed by atoms with Crippen LogP contribution in [0.2, 0.25) is 0 Å². The van der Waals surface area contributed by atoms with E-state index in [1.165, 1.54) is 25.7 Å². The quantitative estimate of drug-likeness (QED) is 0.801. The van der Waals surface area contributed by atoms with E-state index >= 15 is 0 Å². The Balaban J connectivity index is 1.81. The first kappa shape index (κ1) is 14.2. The fraction of sp³-hybridized carbons (Fsp3) is 1.00. The fourth-order valence-corrected chi connectivity index (χ4v) is 3.60. The molecule has 0 amide bonds. The number of alkyl halides is 3. The third-order valence-electron chi connectivity index (χ3n) is 4.74. The first-order valence-corrected chi connectivity index (χ1v) is 7.29. The van der Waals surface area contributed by atoms with Gasteiger partial charge in [0.25, 0.3) is 0 Å². The summed E-state index contributed by atoms with van der Waals surface area (Å²) >= 11 is 0. The minimum Gasteiger partial charge on any atom is -0.311 e. The van der Waals surface area contributed by atoms with E-state index in [9.17, 15) is 13.2 Å². The van der Waals surface area contributed by atoms with Crippen LogP contribution in [0.5, 0.6) is 0 Å². The molecule has 2 aliphatic carbocycles. The first-order chi connectivity index (χ1) is 8.47. The normalized spacial score (nSPS) is 32.7. The summed E-state index contributed by atoms with van der Waals surface area (Å²) in [6.07, 6.45) is 3.26. The predicted octanol–water partition coefficient (Wildman–Crippen LogP) is 4.28. The summed E-state index contributed by atoms with van der Waals surface area (Å²) in [6, 6.07) is 0.449. The van der Waals surface area contributed by atoms with Crippen molar-refractivity contribution >= 4 is 0 Å². The smallest absolute Gasteiger partial charge is 0.311 e. The van der Waals surface area contributed by atoms with Gasteiger partial charge in [-0.25, -0.2) is 0 Å². The maximum atomic E-state index is 12.7. The Morgan fingerprint density at radius 1 is 1.00 bits per heavy atom. The van der Waals surface area contributed by atoms with Crippen LogP contribution in [0.1, 0.15) is 58.3 Å². The Morgan fingerprint density at radius 3 is 2.28 bits per heavy atom. The van der Waals surface area contributed by atoms with Gasteiger partial charge in [-0.3, -0.25) is 0 Å². The number of nitrogens with one attached hydrogen (secondary N) is 1. The predicted molar refractivity (Wildman–Crippen MR) is 66.4 cm³/mol. The molecule has 2 saturated carbocycles. The number of rotatable bonds is 3. The summed E-state index contributed by atoms with van der Waals surface area (Å²) < 4.78 is 38.2. The molecule has 0 bridgehead atoms. The Bertz CT molecular complexity index is 258. The fourth-order valence-electron chi connectivity index (χ4n) is 3.60. The van der Waals surface area contributed by atoms with Crippen molar-refractivity contribution in [3.05, 3.63) is 0 Å². The van der Waals surface area contributed by atoms with Crippen LogP contribution in [-0.4, -0.2) is 18.3 Å². The van der Waals surface area contributed by atoms with Crippen molar-refractivity contribution < 1.29 is 13.2 Å². The Labute approximate surface area is 108 Å². The maximum Gasteiger partial charge on any atom is 0.391 e. The lowest BCUT2D eigenvalue weighted by Gasteiger charge is -2.34. The molecule has 0 aliphatic heterocycles. The van der Waals surface area contributed by atoms with Crippen LogP contribution >= 0.6 is 0 Å². The molecule has 2 unspecified atom stereocenters. The second-order valence-electron chi connectivity index (χ2n) is 6.10. The van der Waals surface area contributed by atoms with Gasteiger partial charge in [0.2, 0.25) is 0 Å². The van der Waals surface area contributed by atoms with E-state index < -0.39 is 12.1 Å². The average molecular weight is 263 g/mol. The second-order valence-corrected chi connectivity index (χ2v) is 6.10. The number of halogens is 3. The van der Waals surface area contributed by atoms with Crippen LogP contribution in [0.25, 0.3) is 0 Å². The third-order valence-corrected chi connectivity index (χ3v) is 4.74. The highest BCUT2D eigenvalue weighted by Crippen LogP contribution is 2.38. The minimum absolute atomic E-state index is 0.0703. The molecule has 106 valence electrons. The molecule has 1 N–H and O–H groups in total. The van der Waals surface area contributed by atoms with Crippen molar-refractivity contribution in [2.24, 2.45) is 11.8 Å². The lowest BCUT2D eigenvalue weighted by molar-refractivity contribution is -0.183. The third kappa shape index (κ3) is 3.62. The van der Waals surface area contributed by atoms with Crippen LogP contribution in [0.4, 0.5) is 13.2 Å². The summed E-state index contributed by atoms with van der Waals surface area (Å²) in [5.41, 5.74) is 0. The highest BCUT2D eigenvalue weighted by Gasteiger charge is 2.42. The van der Waals surface area contributed by atoms with Gasteiger partial charge >= 0.3 is 6.18 Å². The number of hydrogen-bond acceptors (Lipinski definition) is 1. The maximum absolute atomic E-state index is 12.7. The minimum atomic E-state index is -4.00. The van der Waals surface area contributed by atoms with E-state index in [0.717, 1.165) is 6.42 Å². The zero-order valence-electron chi connectivity index (χ0n) is 11.1. The molecular weight excluding hydrogens is 239 g/mol. The molecule has 2 fully saturated rings. The van der Waals surface area contributed by atoms with E-state index in [1.807, 2.05) is 0 Å². The Kier molecular flexibility index (Phi) is 4.57. The van der Waals surface area contributed by atoms with Crippen LogP contribution in [0.3, 0.4) is 0 Å². The van der Waals surface area contributed by atoms with Gasteiger partial charge in [-0.1, -0.05) is 19.3 Å². The van der Waals surface area contributed by atoms with Crippen LogP contribution in [0.15, 0.2) is 0 Å². The SMILES string of the molecule is C[C@H](NC1CCCC(C(F)(F)F)C1)C1CCCC1. The van der Waals surface area contributed by atoms with Crippen molar-refractivity contribution in [1.82, 2.24) is 5.32 Å². The lowest BCUT2D eigenvalue weighted by Crippen LogP contribution is -2.44. The highest BCUT2D eigenvalue weighted by atomic mass is 19.4. The molecule has 3 atom stereocenters. The molecule has 1 nitrogen and oxygen atoms in total. The molecule has 2 aliphatic rings. The van der Waals surface area contributed by atoms with Crippen LogP contribution in [-0.2, 0) is 0 Å². The molecule has 0 heterocycles. The Hall–Kier alpha value is -0.250. The van der Waals surface area contributed by atoms with Gasteiger partial charge in [0.15, 0.2) is 0 Å². The summed E-state index contributed by atoms with van der Waals surface area (Å²) in [5.74, 6) is -0.407. The molecule has 0 aromatic carbocycles. The van der Waals surface area contributed by atoms with Crippen molar-refractivity contribution in [3.63, 3.8) is 0 Å². The molecule has 0 saturated heterocycles. The zero-order chi connectivity index (χ0) is 13.2. The molecule has 2 rings (SSSR count). The molecule has 0 spiro atoms. The van der Waals surface area contributed by atoms with E-state index in [-0.39, 0.29) is 12.5 Å². The zero-order valence-corrected chi connectivity index (χ0v) is 11.1. The van der Waals surface area contributed by atoms with Gasteiger partial charge in [0.05, 0.1) is 5.92 Å². The van der Waals surface area contributed by atoms with Crippen molar-refractivity contribution in [1.29, 1.82) is 0 Å². The topological polar surface area (TPSA) is 12.0 Å². The standard InChI is InChI=1S/C14H24F3N/c1-10(11-5-2-3-6-11)18-13-8-4-7-12(9-13)14(15,16)17/h10-13,18H,2-9H2,1H3/t10-,12?,13?/m0/s1. The van der Waals surface area contributed by atoms with E-state index in [4.69, 9.17) is 0 Å². The van der Waals surface area contributed by atoms with E-state index in [2.05, 4.69) is 12.2 Å².